The summed E-state index contributed by atoms with van der Waals surface area (Å²) in [6.07, 6.45) is 6.00. The number of amides is 4. The lowest BCUT2D eigenvalue weighted by Gasteiger charge is -2.31. The van der Waals surface area contributed by atoms with E-state index < -0.39 is 6.03 Å². The van der Waals surface area contributed by atoms with E-state index in [4.69, 9.17) is 11.6 Å². The monoisotopic (exact) mass is 577 g/mol. The zero-order valence-electron chi connectivity index (χ0n) is 23.1. The van der Waals surface area contributed by atoms with Crippen LogP contribution in [0.2, 0.25) is 5.02 Å². The molecule has 3 aromatic heterocycles. The van der Waals surface area contributed by atoms with Crippen LogP contribution in [0.3, 0.4) is 0 Å². The Labute approximate surface area is 242 Å². The second-order valence-corrected chi connectivity index (χ2v) is 12.1. The molecule has 6 rings (SSSR count). The Kier molecular flexibility index (Phi) is 7.20. The number of hydrogen-bond acceptors (Lipinski definition) is 8. The Morgan fingerprint density at radius 3 is 2.66 bits per heavy atom. The molecule has 3 aliphatic rings. The van der Waals surface area contributed by atoms with Crippen LogP contribution in [0.5, 0.6) is 0 Å². The zero-order valence-corrected chi connectivity index (χ0v) is 23.8. The maximum Gasteiger partial charge on any atom is 0.329 e. The average Bonchev–Trinajstić information content (AvgIpc) is 3.45. The quantitative estimate of drug-likeness (QED) is 0.455. The lowest BCUT2D eigenvalue weighted by atomic mass is 9.89. The molecule has 2 saturated heterocycles. The number of imide groups is 1. The molecule has 3 aromatic rings. The number of rotatable bonds is 6. The maximum absolute atomic E-state index is 13.1. The fourth-order valence-corrected chi connectivity index (χ4v) is 5.97. The van der Waals surface area contributed by atoms with Gasteiger partial charge < -0.3 is 5.32 Å². The normalized spacial score (nSPS) is 19.2. The smallest absolute Gasteiger partial charge is 0.310 e. The van der Waals surface area contributed by atoms with Crippen molar-refractivity contribution in [1.29, 1.82) is 0 Å². The second kappa shape index (κ2) is 10.8. The predicted octanol–water partition coefficient (Wildman–Crippen LogP) is 3.27. The molecule has 4 amide bonds. The number of nitrogens with zero attached hydrogens (tertiary/aromatic N) is 7. The zero-order chi connectivity index (χ0) is 28.7. The lowest BCUT2D eigenvalue weighted by molar-refractivity contribution is -0.121. The first-order valence-electron chi connectivity index (χ1n) is 13.8. The Hall–Kier alpha value is -3.90. The number of piperidine rings is 1. The largest absolute Gasteiger partial charge is 0.329 e. The van der Waals surface area contributed by atoms with Crippen LogP contribution in [0, 0.1) is 11.3 Å². The van der Waals surface area contributed by atoms with E-state index in [1.165, 1.54) is 4.90 Å². The molecule has 0 saturated carbocycles. The summed E-state index contributed by atoms with van der Waals surface area (Å²) in [5.74, 6) is 0.436. The predicted molar refractivity (Wildman–Crippen MR) is 152 cm³/mol. The molecule has 0 aromatic carbocycles. The number of pyridine rings is 1. The molecule has 214 valence electrons. The van der Waals surface area contributed by atoms with E-state index in [1.54, 1.807) is 12.3 Å². The van der Waals surface area contributed by atoms with Gasteiger partial charge in [-0.1, -0.05) is 25.4 Å². The van der Waals surface area contributed by atoms with Gasteiger partial charge >= 0.3 is 6.03 Å². The van der Waals surface area contributed by atoms with Gasteiger partial charge in [-0.15, -0.1) is 5.10 Å². The molecule has 0 aliphatic carbocycles. The average molecular weight is 578 g/mol. The van der Waals surface area contributed by atoms with Crippen LogP contribution in [-0.2, 0) is 29.1 Å². The number of hydrogen-bond donors (Lipinski definition) is 2. The van der Waals surface area contributed by atoms with Crippen LogP contribution in [0.1, 0.15) is 44.5 Å². The lowest BCUT2D eigenvalue weighted by Crippen LogP contribution is -2.50. The minimum atomic E-state index is -0.483. The third-order valence-corrected chi connectivity index (χ3v) is 8.25. The SMILES string of the molecule is CC1(C)Cc2c(-c3cc(NC(=O)C4CCN(Cc5ccc(N6CCC(=O)NC6=O)nn5)CC4)ncc3Cl)cnn2C1. The van der Waals surface area contributed by atoms with Gasteiger partial charge in [-0.2, -0.15) is 10.2 Å². The maximum atomic E-state index is 13.1. The van der Waals surface area contributed by atoms with Crippen molar-refractivity contribution in [2.45, 2.75) is 52.6 Å². The van der Waals surface area contributed by atoms with Gasteiger partial charge in [-0.3, -0.25) is 29.4 Å². The van der Waals surface area contributed by atoms with Gasteiger partial charge in [0, 0.05) is 55.0 Å². The topological polar surface area (TPSA) is 138 Å². The van der Waals surface area contributed by atoms with Crippen molar-refractivity contribution in [3.05, 3.63) is 47.0 Å². The molecule has 6 heterocycles. The van der Waals surface area contributed by atoms with Gasteiger partial charge in [0.1, 0.15) is 5.82 Å². The number of likely N-dealkylation sites (tertiary alicyclic amines) is 1. The van der Waals surface area contributed by atoms with E-state index in [-0.39, 0.29) is 36.1 Å². The first-order valence-corrected chi connectivity index (χ1v) is 14.2. The summed E-state index contributed by atoms with van der Waals surface area (Å²) in [5, 5.41) is 18.8. The molecule has 13 heteroatoms. The van der Waals surface area contributed by atoms with Gasteiger partial charge in [0.2, 0.25) is 11.8 Å². The molecular formula is C28H32ClN9O3. The van der Waals surface area contributed by atoms with Gasteiger partial charge in [0.25, 0.3) is 0 Å². The molecule has 0 bridgehead atoms. The fourth-order valence-electron chi connectivity index (χ4n) is 5.76. The molecule has 0 spiro atoms. The first kappa shape index (κ1) is 27.3. The van der Waals surface area contributed by atoms with Crippen LogP contribution in [0.15, 0.2) is 30.6 Å². The van der Waals surface area contributed by atoms with Crippen LogP contribution in [0.4, 0.5) is 16.4 Å². The van der Waals surface area contributed by atoms with Crippen molar-refractivity contribution in [2.75, 3.05) is 29.9 Å². The molecule has 12 nitrogen and oxygen atoms in total. The molecule has 0 atom stereocenters. The summed E-state index contributed by atoms with van der Waals surface area (Å²) >= 11 is 6.53. The van der Waals surface area contributed by atoms with Crippen molar-refractivity contribution in [2.24, 2.45) is 11.3 Å². The Morgan fingerprint density at radius 1 is 1.12 bits per heavy atom. The van der Waals surface area contributed by atoms with Crippen LogP contribution >= 0.6 is 11.6 Å². The van der Waals surface area contributed by atoms with Crippen molar-refractivity contribution < 1.29 is 14.4 Å². The third kappa shape index (κ3) is 5.80. The number of urea groups is 1. The van der Waals surface area contributed by atoms with Crippen LogP contribution < -0.4 is 15.5 Å². The highest BCUT2D eigenvalue weighted by molar-refractivity contribution is 6.33. The summed E-state index contributed by atoms with van der Waals surface area (Å²) in [4.78, 5) is 44.5. The molecular weight excluding hydrogens is 546 g/mol. The van der Waals surface area contributed by atoms with Crippen molar-refractivity contribution >= 4 is 41.1 Å². The Bertz CT molecular complexity index is 1500. The van der Waals surface area contributed by atoms with Gasteiger partial charge in [-0.05, 0) is 56.0 Å². The van der Waals surface area contributed by atoms with E-state index in [0.29, 0.717) is 36.0 Å². The van der Waals surface area contributed by atoms with E-state index in [2.05, 4.69) is 49.7 Å². The summed E-state index contributed by atoms with van der Waals surface area (Å²) in [7, 11) is 0. The van der Waals surface area contributed by atoms with E-state index in [0.717, 1.165) is 48.6 Å². The highest BCUT2D eigenvalue weighted by Gasteiger charge is 2.32. The van der Waals surface area contributed by atoms with E-state index in [1.807, 2.05) is 23.0 Å². The summed E-state index contributed by atoms with van der Waals surface area (Å²) < 4.78 is 2.04. The number of aromatic nitrogens is 5. The summed E-state index contributed by atoms with van der Waals surface area (Å²) in [6, 6.07) is 4.94. The van der Waals surface area contributed by atoms with E-state index >= 15 is 0 Å². The minimum absolute atomic E-state index is 0.0470. The second-order valence-electron chi connectivity index (χ2n) is 11.7. The molecule has 3 aliphatic heterocycles. The highest BCUT2D eigenvalue weighted by Crippen LogP contribution is 2.39. The third-order valence-electron chi connectivity index (χ3n) is 7.95. The summed E-state index contributed by atoms with van der Waals surface area (Å²) in [5.41, 5.74) is 3.89. The molecule has 41 heavy (non-hydrogen) atoms. The van der Waals surface area contributed by atoms with Crippen LogP contribution in [-0.4, -0.2) is 67.3 Å². The van der Waals surface area contributed by atoms with Gasteiger partial charge in [0.05, 0.1) is 16.9 Å². The van der Waals surface area contributed by atoms with Crippen molar-refractivity contribution in [3.63, 3.8) is 0 Å². The van der Waals surface area contributed by atoms with Crippen molar-refractivity contribution in [1.82, 2.24) is 35.2 Å². The number of anilines is 2. The van der Waals surface area contributed by atoms with Gasteiger partial charge in [0.15, 0.2) is 5.82 Å². The fraction of sp³-hybridized carbons (Fsp3) is 0.464. The Morgan fingerprint density at radius 2 is 1.93 bits per heavy atom. The first-order chi connectivity index (χ1) is 19.6. The minimum Gasteiger partial charge on any atom is -0.310 e. The number of nitrogens with one attached hydrogen (secondary N) is 2. The molecule has 2 N–H and O–H groups in total. The Balaban J connectivity index is 1.03. The molecule has 2 fully saturated rings. The molecule has 0 unspecified atom stereocenters. The highest BCUT2D eigenvalue weighted by atomic mass is 35.5. The van der Waals surface area contributed by atoms with E-state index in [9.17, 15) is 14.4 Å². The number of fused-ring (bicyclic) bond motifs is 1. The number of halogens is 1. The summed E-state index contributed by atoms with van der Waals surface area (Å²) in [6.45, 7) is 7.69. The number of carbonyl (C=O) groups is 3. The van der Waals surface area contributed by atoms with Crippen molar-refractivity contribution in [3.8, 4) is 11.1 Å². The number of carbonyl (C=O) groups excluding carboxylic acids is 3. The van der Waals surface area contributed by atoms with Gasteiger partial charge in [-0.25, -0.2) is 9.78 Å². The van der Waals surface area contributed by atoms with Crippen LogP contribution in [0.25, 0.3) is 11.1 Å². The standard InChI is InChI=1S/C28H32ClN9O3/c1-28(2)12-22-20(13-31-38(22)16-28)19-11-23(30-14-21(19)29)32-26(40)17-5-8-36(9-6-17)15-18-3-4-24(35-34-18)37-10-7-25(39)33-27(37)41/h3-4,11,13-14,17H,5-10,12,15-16H2,1-2H3,(H,30,32,40)(H,33,39,41). The molecule has 0 radical (unpaired) electrons.